The van der Waals surface area contributed by atoms with Gasteiger partial charge in [0.15, 0.2) is 0 Å². The van der Waals surface area contributed by atoms with Crippen LogP contribution < -0.4 is 10.2 Å². The maximum Gasteiger partial charge on any atom is 0.0366 e. The summed E-state index contributed by atoms with van der Waals surface area (Å²) in [5.74, 6) is 0. The van der Waals surface area contributed by atoms with Crippen LogP contribution in [-0.2, 0) is 6.54 Å². The Morgan fingerprint density at radius 2 is 1.50 bits per heavy atom. The Labute approximate surface area is 123 Å². The number of rotatable bonds is 4. The molecule has 110 valence electrons. The summed E-state index contributed by atoms with van der Waals surface area (Å²) in [6.07, 6.45) is 11.1. The number of benzene rings is 1. The number of nitrogens with one attached hydrogen (secondary N) is 1. The van der Waals surface area contributed by atoms with Crippen LogP contribution in [0.15, 0.2) is 24.3 Å². The SMILES string of the molecule is c1cc(N2CCCCC2)ccc1CNC1CCCCC1. The second-order valence-corrected chi connectivity index (χ2v) is 6.43. The summed E-state index contributed by atoms with van der Waals surface area (Å²) in [4.78, 5) is 2.53. The van der Waals surface area contributed by atoms with Crippen LogP contribution in [0.25, 0.3) is 0 Å². The van der Waals surface area contributed by atoms with Crippen LogP contribution in [-0.4, -0.2) is 19.1 Å². The minimum Gasteiger partial charge on any atom is -0.372 e. The fourth-order valence-electron chi connectivity index (χ4n) is 3.55. The average molecular weight is 272 g/mol. The van der Waals surface area contributed by atoms with Gasteiger partial charge in [0.25, 0.3) is 0 Å². The van der Waals surface area contributed by atoms with Crippen molar-refractivity contribution in [3.05, 3.63) is 29.8 Å². The lowest BCUT2D eigenvalue weighted by atomic mass is 9.95. The molecule has 1 aromatic carbocycles. The first-order valence-corrected chi connectivity index (χ1v) is 8.49. The first kappa shape index (κ1) is 13.9. The fourth-order valence-corrected chi connectivity index (χ4v) is 3.55. The highest BCUT2D eigenvalue weighted by Crippen LogP contribution is 2.21. The summed E-state index contributed by atoms with van der Waals surface area (Å²) >= 11 is 0. The van der Waals surface area contributed by atoms with Crippen molar-refractivity contribution in [2.75, 3.05) is 18.0 Å². The Morgan fingerprint density at radius 1 is 0.850 bits per heavy atom. The van der Waals surface area contributed by atoms with E-state index in [2.05, 4.69) is 34.5 Å². The van der Waals surface area contributed by atoms with Crippen LogP contribution in [0.5, 0.6) is 0 Å². The molecule has 2 fully saturated rings. The molecule has 1 aliphatic heterocycles. The lowest BCUT2D eigenvalue weighted by molar-refractivity contribution is 0.372. The summed E-state index contributed by atoms with van der Waals surface area (Å²) in [6, 6.07) is 9.98. The van der Waals surface area contributed by atoms with Gasteiger partial charge in [-0.05, 0) is 49.8 Å². The molecule has 0 aromatic heterocycles. The van der Waals surface area contributed by atoms with E-state index < -0.39 is 0 Å². The normalized spacial score (nSPS) is 21.1. The third kappa shape index (κ3) is 3.76. The van der Waals surface area contributed by atoms with E-state index in [0.717, 1.165) is 12.6 Å². The molecule has 2 heteroatoms. The Balaban J connectivity index is 1.50. The van der Waals surface area contributed by atoms with Gasteiger partial charge in [-0.15, -0.1) is 0 Å². The zero-order valence-corrected chi connectivity index (χ0v) is 12.6. The van der Waals surface area contributed by atoms with Crippen LogP contribution in [0.2, 0.25) is 0 Å². The molecule has 1 aromatic rings. The van der Waals surface area contributed by atoms with E-state index in [1.54, 1.807) is 0 Å². The number of piperidine rings is 1. The number of hydrogen-bond acceptors (Lipinski definition) is 2. The van der Waals surface area contributed by atoms with Gasteiger partial charge < -0.3 is 10.2 Å². The molecule has 2 nitrogen and oxygen atoms in total. The van der Waals surface area contributed by atoms with Gasteiger partial charge in [-0.3, -0.25) is 0 Å². The van der Waals surface area contributed by atoms with E-state index in [4.69, 9.17) is 0 Å². The fraction of sp³-hybridized carbons (Fsp3) is 0.667. The molecule has 0 unspecified atom stereocenters. The molecule has 1 N–H and O–H groups in total. The standard InChI is InChI=1S/C18H28N2/c1-3-7-17(8-4-1)19-15-16-9-11-18(12-10-16)20-13-5-2-6-14-20/h9-12,17,19H,1-8,13-15H2. The molecular formula is C18H28N2. The van der Waals surface area contributed by atoms with Crippen LogP contribution in [0.1, 0.15) is 56.9 Å². The van der Waals surface area contributed by atoms with Gasteiger partial charge in [0.2, 0.25) is 0 Å². The van der Waals surface area contributed by atoms with Crippen LogP contribution in [0, 0.1) is 0 Å². The minimum atomic E-state index is 0.755. The molecule has 3 rings (SSSR count). The van der Waals surface area contributed by atoms with Gasteiger partial charge in [0.1, 0.15) is 0 Å². The lowest BCUT2D eigenvalue weighted by Crippen LogP contribution is -2.30. The highest BCUT2D eigenvalue weighted by molar-refractivity contribution is 5.47. The molecule has 2 aliphatic rings. The summed E-state index contributed by atoms with van der Waals surface area (Å²) in [5.41, 5.74) is 2.84. The summed E-state index contributed by atoms with van der Waals surface area (Å²) in [6.45, 7) is 3.50. The van der Waals surface area contributed by atoms with Crippen LogP contribution >= 0.6 is 0 Å². The predicted molar refractivity (Wildman–Crippen MR) is 86.2 cm³/mol. The van der Waals surface area contributed by atoms with Crippen molar-refractivity contribution < 1.29 is 0 Å². The van der Waals surface area contributed by atoms with Crippen LogP contribution in [0.4, 0.5) is 5.69 Å². The van der Waals surface area contributed by atoms with E-state index in [0.29, 0.717) is 0 Å². The van der Waals surface area contributed by atoms with Gasteiger partial charge >= 0.3 is 0 Å². The van der Waals surface area contributed by atoms with Crippen molar-refractivity contribution in [1.29, 1.82) is 0 Å². The maximum atomic E-state index is 3.72. The zero-order chi connectivity index (χ0) is 13.6. The smallest absolute Gasteiger partial charge is 0.0366 e. The third-order valence-electron chi connectivity index (χ3n) is 4.86. The average Bonchev–Trinajstić information content (AvgIpc) is 2.55. The van der Waals surface area contributed by atoms with Gasteiger partial charge in [-0.2, -0.15) is 0 Å². The van der Waals surface area contributed by atoms with Crippen molar-refractivity contribution in [2.45, 2.75) is 64.0 Å². The number of anilines is 1. The quantitative estimate of drug-likeness (QED) is 0.887. The Bertz CT molecular complexity index is 386. The van der Waals surface area contributed by atoms with E-state index in [-0.39, 0.29) is 0 Å². The third-order valence-corrected chi connectivity index (χ3v) is 4.86. The Kier molecular flexibility index (Phi) is 4.96. The van der Waals surface area contributed by atoms with Gasteiger partial charge in [-0.1, -0.05) is 31.4 Å². The highest BCUT2D eigenvalue weighted by atomic mass is 15.1. The van der Waals surface area contributed by atoms with Crippen molar-refractivity contribution in [3.8, 4) is 0 Å². The number of nitrogens with zero attached hydrogens (tertiary/aromatic N) is 1. The topological polar surface area (TPSA) is 15.3 Å². The molecule has 0 radical (unpaired) electrons. The Hall–Kier alpha value is -1.02. The first-order valence-electron chi connectivity index (χ1n) is 8.49. The van der Waals surface area contributed by atoms with Crippen molar-refractivity contribution >= 4 is 5.69 Å². The minimum absolute atomic E-state index is 0.755. The highest BCUT2D eigenvalue weighted by Gasteiger charge is 2.13. The molecule has 1 aliphatic carbocycles. The van der Waals surface area contributed by atoms with Gasteiger partial charge in [0, 0.05) is 31.4 Å². The first-order chi connectivity index (χ1) is 9.92. The summed E-state index contributed by atoms with van der Waals surface area (Å²) in [7, 11) is 0. The Morgan fingerprint density at radius 3 is 2.20 bits per heavy atom. The van der Waals surface area contributed by atoms with E-state index in [1.807, 2.05) is 0 Å². The van der Waals surface area contributed by atoms with Crippen molar-refractivity contribution in [2.24, 2.45) is 0 Å². The van der Waals surface area contributed by atoms with E-state index >= 15 is 0 Å². The molecule has 0 bridgehead atoms. The van der Waals surface area contributed by atoms with Gasteiger partial charge in [0.05, 0.1) is 0 Å². The molecule has 20 heavy (non-hydrogen) atoms. The molecule has 0 spiro atoms. The van der Waals surface area contributed by atoms with Crippen LogP contribution in [0.3, 0.4) is 0 Å². The van der Waals surface area contributed by atoms with Crippen molar-refractivity contribution in [3.63, 3.8) is 0 Å². The second-order valence-electron chi connectivity index (χ2n) is 6.43. The van der Waals surface area contributed by atoms with Gasteiger partial charge in [-0.25, -0.2) is 0 Å². The zero-order valence-electron chi connectivity index (χ0n) is 12.6. The lowest BCUT2D eigenvalue weighted by Gasteiger charge is -2.29. The largest absolute Gasteiger partial charge is 0.372 e. The van der Waals surface area contributed by atoms with E-state index in [9.17, 15) is 0 Å². The number of hydrogen-bond donors (Lipinski definition) is 1. The molecule has 0 atom stereocenters. The van der Waals surface area contributed by atoms with Crippen molar-refractivity contribution in [1.82, 2.24) is 5.32 Å². The monoisotopic (exact) mass is 272 g/mol. The predicted octanol–water partition coefficient (Wildman–Crippen LogP) is 4.10. The summed E-state index contributed by atoms with van der Waals surface area (Å²) in [5, 5.41) is 3.72. The molecular weight excluding hydrogens is 244 g/mol. The molecule has 0 amide bonds. The maximum absolute atomic E-state index is 3.72. The molecule has 1 heterocycles. The second kappa shape index (κ2) is 7.12. The molecule has 1 saturated carbocycles. The summed E-state index contributed by atoms with van der Waals surface area (Å²) < 4.78 is 0. The molecule has 1 saturated heterocycles. The van der Waals surface area contributed by atoms with E-state index in [1.165, 1.54) is 75.7 Å².